The number of nitrogens with one attached hydrogen (secondary N) is 1. The van der Waals surface area contributed by atoms with Crippen molar-refractivity contribution in [2.45, 2.75) is 37.6 Å². The van der Waals surface area contributed by atoms with E-state index in [0.717, 1.165) is 31.4 Å². The molecular formula is C14H18N2O3. The van der Waals surface area contributed by atoms with Crippen LogP contribution in [0.4, 0.5) is 0 Å². The van der Waals surface area contributed by atoms with Crippen LogP contribution in [0.3, 0.4) is 0 Å². The monoisotopic (exact) mass is 262 g/mol. The fourth-order valence-electron chi connectivity index (χ4n) is 3.11. The minimum Gasteiger partial charge on any atom is -0.469 e. The quantitative estimate of drug-likeness (QED) is 0.887. The molecule has 1 saturated heterocycles. The molecule has 1 aliphatic heterocycles. The van der Waals surface area contributed by atoms with Crippen LogP contribution in [0.2, 0.25) is 0 Å². The highest BCUT2D eigenvalue weighted by Gasteiger charge is 2.47. The lowest BCUT2D eigenvalue weighted by Gasteiger charge is -2.39. The largest absolute Gasteiger partial charge is 0.469 e. The molecule has 1 N–H and O–H groups in total. The van der Waals surface area contributed by atoms with Crippen molar-refractivity contribution >= 4 is 11.8 Å². The van der Waals surface area contributed by atoms with Crippen LogP contribution in [-0.4, -0.2) is 35.3 Å². The highest BCUT2D eigenvalue weighted by molar-refractivity contribution is 5.98. The van der Waals surface area contributed by atoms with Crippen LogP contribution in [0.1, 0.15) is 31.4 Å². The van der Waals surface area contributed by atoms with E-state index in [9.17, 15) is 9.59 Å². The molecule has 3 rings (SSSR count). The summed E-state index contributed by atoms with van der Waals surface area (Å²) in [5, 5.41) is 2.91. The van der Waals surface area contributed by atoms with E-state index in [2.05, 4.69) is 5.32 Å². The summed E-state index contributed by atoms with van der Waals surface area (Å²) in [5.74, 6) is 0.886. The van der Waals surface area contributed by atoms with Crippen molar-refractivity contribution in [1.82, 2.24) is 10.2 Å². The number of nitrogens with zero attached hydrogens (tertiary/aromatic N) is 1. The Morgan fingerprint density at radius 2 is 2.11 bits per heavy atom. The molecule has 1 aromatic rings. The van der Waals surface area contributed by atoms with Crippen molar-refractivity contribution in [1.29, 1.82) is 0 Å². The molecule has 2 heterocycles. The van der Waals surface area contributed by atoms with Gasteiger partial charge >= 0.3 is 0 Å². The van der Waals surface area contributed by atoms with E-state index >= 15 is 0 Å². The highest BCUT2D eigenvalue weighted by atomic mass is 16.3. The maximum atomic E-state index is 12.5. The summed E-state index contributed by atoms with van der Waals surface area (Å²) in [6.07, 6.45) is 5.85. The third-order valence-corrected chi connectivity index (χ3v) is 4.08. The summed E-state index contributed by atoms with van der Waals surface area (Å²) in [6, 6.07) is 3.72. The molecule has 2 amide bonds. The lowest BCUT2D eigenvalue weighted by Crippen LogP contribution is -2.65. The standard InChI is InChI=1S/C14H18N2O3/c17-12-10-16(8-5-11-4-3-9-19-11)13(18)14(15-12)6-1-2-7-14/h3-4,9H,1-2,5-8,10H2,(H,15,17). The van der Waals surface area contributed by atoms with Crippen LogP contribution < -0.4 is 5.32 Å². The van der Waals surface area contributed by atoms with Crippen molar-refractivity contribution < 1.29 is 14.0 Å². The van der Waals surface area contributed by atoms with Gasteiger partial charge in [0.05, 0.1) is 12.8 Å². The first kappa shape index (κ1) is 12.3. The smallest absolute Gasteiger partial charge is 0.248 e. The molecule has 0 radical (unpaired) electrons. The zero-order valence-electron chi connectivity index (χ0n) is 10.9. The third kappa shape index (κ3) is 2.25. The highest BCUT2D eigenvalue weighted by Crippen LogP contribution is 2.33. The second-order valence-electron chi connectivity index (χ2n) is 5.39. The minimum atomic E-state index is -0.613. The van der Waals surface area contributed by atoms with Crippen molar-refractivity contribution in [3.8, 4) is 0 Å². The van der Waals surface area contributed by atoms with Gasteiger partial charge in [0, 0.05) is 13.0 Å². The number of furan rings is 1. The van der Waals surface area contributed by atoms with Gasteiger partial charge in [-0.2, -0.15) is 0 Å². The van der Waals surface area contributed by atoms with Crippen molar-refractivity contribution in [3.63, 3.8) is 0 Å². The summed E-state index contributed by atoms with van der Waals surface area (Å²) in [7, 11) is 0. The zero-order chi connectivity index (χ0) is 13.3. The van der Waals surface area contributed by atoms with E-state index < -0.39 is 5.54 Å². The van der Waals surface area contributed by atoms with Gasteiger partial charge in [-0.15, -0.1) is 0 Å². The molecule has 102 valence electrons. The Morgan fingerprint density at radius 3 is 2.79 bits per heavy atom. The molecule has 0 bridgehead atoms. The molecule has 5 nitrogen and oxygen atoms in total. The van der Waals surface area contributed by atoms with Crippen molar-refractivity contribution in [3.05, 3.63) is 24.2 Å². The maximum Gasteiger partial charge on any atom is 0.248 e. The van der Waals surface area contributed by atoms with Crippen LogP contribution >= 0.6 is 0 Å². The van der Waals surface area contributed by atoms with Crippen LogP contribution in [-0.2, 0) is 16.0 Å². The molecule has 1 aromatic heterocycles. The lowest BCUT2D eigenvalue weighted by atomic mass is 9.93. The van der Waals surface area contributed by atoms with Gasteiger partial charge in [-0.3, -0.25) is 9.59 Å². The van der Waals surface area contributed by atoms with E-state index in [1.54, 1.807) is 11.2 Å². The molecule has 1 aliphatic carbocycles. The second kappa shape index (κ2) is 4.72. The third-order valence-electron chi connectivity index (χ3n) is 4.08. The summed E-state index contributed by atoms with van der Waals surface area (Å²) in [4.78, 5) is 26.0. The van der Waals surface area contributed by atoms with Crippen LogP contribution in [0, 0.1) is 0 Å². The van der Waals surface area contributed by atoms with Gasteiger partial charge in [-0.1, -0.05) is 12.8 Å². The Labute approximate surface area is 111 Å². The summed E-state index contributed by atoms with van der Waals surface area (Å²) < 4.78 is 5.27. The molecule has 0 atom stereocenters. The fraction of sp³-hybridized carbons (Fsp3) is 0.571. The fourth-order valence-corrected chi connectivity index (χ4v) is 3.11. The van der Waals surface area contributed by atoms with Gasteiger partial charge in [0.25, 0.3) is 0 Å². The van der Waals surface area contributed by atoms with Crippen LogP contribution in [0.25, 0.3) is 0 Å². The van der Waals surface area contributed by atoms with Crippen LogP contribution in [0.5, 0.6) is 0 Å². The van der Waals surface area contributed by atoms with Gasteiger partial charge in [-0.05, 0) is 25.0 Å². The van der Waals surface area contributed by atoms with Gasteiger partial charge in [0.1, 0.15) is 11.3 Å². The first-order chi connectivity index (χ1) is 9.20. The van der Waals surface area contributed by atoms with Gasteiger partial charge in [0.2, 0.25) is 11.8 Å². The van der Waals surface area contributed by atoms with E-state index in [-0.39, 0.29) is 18.4 Å². The zero-order valence-corrected chi connectivity index (χ0v) is 10.9. The predicted octanol–water partition coefficient (Wildman–Crippen LogP) is 1.09. The minimum absolute atomic E-state index is 0.0408. The molecule has 19 heavy (non-hydrogen) atoms. The summed E-state index contributed by atoms with van der Waals surface area (Å²) >= 11 is 0. The van der Waals surface area contributed by atoms with E-state index in [0.29, 0.717) is 13.0 Å². The average molecular weight is 262 g/mol. The number of piperazine rings is 1. The van der Waals surface area contributed by atoms with Gasteiger partial charge in [0.15, 0.2) is 0 Å². The molecule has 2 fully saturated rings. The first-order valence-corrected chi connectivity index (χ1v) is 6.82. The number of hydrogen-bond acceptors (Lipinski definition) is 3. The molecule has 0 unspecified atom stereocenters. The predicted molar refractivity (Wildman–Crippen MR) is 68.3 cm³/mol. The lowest BCUT2D eigenvalue weighted by molar-refractivity contribution is -0.149. The second-order valence-corrected chi connectivity index (χ2v) is 5.39. The normalized spacial score (nSPS) is 22.0. The molecule has 1 saturated carbocycles. The first-order valence-electron chi connectivity index (χ1n) is 6.82. The van der Waals surface area contributed by atoms with E-state index in [1.807, 2.05) is 12.1 Å². The average Bonchev–Trinajstić information content (AvgIpc) is 3.04. The van der Waals surface area contributed by atoms with E-state index in [4.69, 9.17) is 4.42 Å². The number of carbonyl (C=O) groups is 2. The Morgan fingerprint density at radius 1 is 1.32 bits per heavy atom. The maximum absolute atomic E-state index is 12.5. The Bertz CT molecular complexity index is 475. The molecule has 0 aromatic carbocycles. The number of carbonyl (C=O) groups excluding carboxylic acids is 2. The number of rotatable bonds is 3. The summed E-state index contributed by atoms with van der Waals surface area (Å²) in [5.41, 5.74) is -0.613. The molecule has 1 spiro atoms. The molecule has 5 heteroatoms. The van der Waals surface area contributed by atoms with Gasteiger partial charge in [-0.25, -0.2) is 0 Å². The SMILES string of the molecule is O=C1CN(CCc2ccco2)C(=O)C2(CCCC2)N1. The molecular weight excluding hydrogens is 244 g/mol. The number of hydrogen-bond donors (Lipinski definition) is 1. The Balaban J connectivity index is 1.70. The Kier molecular flexibility index (Phi) is 3.05. The Hall–Kier alpha value is -1.78. The number of amides is 2. The topological polar surface area (TPSA) is 62.6 Å². The van der Waals surface area contributed by atoms with Gasteiger partial charge < -0.3 is 14.6 Å². The summed E-state index contributed by atoms with van der Waals surface area (Å²) in [6.45, 7) is 0.711. The van der Waals surface area contributed by atoms with Crippen molar-refractivity contribution in [2.24, 2.45) is 0 Å². The van der Waals surface area contributed by atoms with Crippen LogP contribution in [0.15, 0.2) is 22.8 Å². The van der Waals surface area contributed by atoms with Crippen molar-refractivity contribution in [2.75, 3.05) is 13.1 Å². The molecule has 2 aliphatic rings. The van der Waals surface area contributed by atoms with E-state index in [1.165, 1.54) is 0 Å².